The Morgan fingerprint density at radius 1 is 0.971 bits per heavy atom. The summed E-state index contributed by atoms with van der Waals surface area (Å²) in [7, 11) is -1.31. The molecule has 0 spiro atoms. The maximum absolute atomic E-state index is 13.3. The number of para-hydroxylation sites is 1. The number of ether oxygens (including phenoxy) is 2. The smallest absolute Gasteiger partial charge is 0.244 e. The molecule has 0 saturated carbocycles. The Hall–Kier alpha value is -4.18. The van der Waals surface area contributed by atoms with Crippen molar-refractivity contribution >= 4 is 32.3 Å². The van der Waals surface area contributed by atoms with Gasteiger partial charge in [0.1, 0.15) is 28.8 Å². The summed E-state index contributed by atoms with van der Waals surface area (Å²) in [6, 6.07) is 15.4. The second-order valence-electron chi connectivity index (χ2n) is 7.57. The molecular weight excluding hydrogens is 475 g/mol. The number of hydrogen-bond donors (Lipinski definition) is 1. The van der Waals surface area contributed by atoms with E-state index in [0.29, 0.717) is 22.7 Å². The molecular formula is C25H21FN2O6S. The number of amides is 1. The standard InChI is InChI=1S/C25H21FN2O6S/c1-33-18-11-17(12-19(13-18)34-2)27-24(29)15-28-14-23(25(30)21-5-3-4-6-22(21)28)35(31,32)20-9-7-16(26)8-10-20/h3-14H,15H2,1-2H3,(H,27,29). The number of fused-ring (bicyclic) bond motifs is 1. The number of aromatic nitrogens is 1. The molecule has 3 aromatic carbocycles. The second-order valence-corrected chi connectivity index (χ2v) is 9.49. The fraction of sp³-hybridized carbons (Fsp3) is 0.120. The lowest BCUT2D eigenvalue weighted by Crippen LogP contribution is -2.24. The van der Waals surface area contributed by atoms with Crippen LogP contribution in [0.25, 0.3) is 10.9 Å². The Balaban J connectivity index is 1.76. The van der Waals surface area contributed by atoms with Crippen molar-refractivity contribution in [2.75, 3.05) is 19.5 Å². The van der Waals surface area contributed by atoms with Crippen LogP contribution in [0.1, 0.15) is 0 Å². The van der Waals surface area contributed by atoms with Gasteiger partial charge in [-0.3, -0.25) is 9.59 Å². The molecule has 0 fully saturated rings. The third-order valence-corrected chi connectivity index (χ3v) is 7.08. The second kappa shape index (κ2) is 9.59. The molecule has 4 aromatic rings. The van der Waals surface area contributed by atoms with Crippen LogP contribution < -0.4 is 20.2 Å². The average molecular weight is 497 g/mol. The molecule has 1 amide bonds. The molecule has 180 valence electrons. The summed E-state index contributed by atoms with van der Waals surface area (Å²) in [4.78, 5) is 25.2. The highest BCUT2D eigenvalue weighted by Crippen LogP contribution is 2.26. The van der Waals surface area contributed by atoms with Crippen LogP contribution >= 0.6 is 0 Å². The summed E-state index contributed by atoms with van der Waals surface area (Å²) >= 11 is 0. The van der Waals surface area contributed by atoms with Gasteiger partial charge in [0.05, 0.1) is 24.6 Å². The zero-order chi connectivity index (χ0) is 25.2. The van der Waals surface area contributed by atoms with E-state index in [1.807, 2.05) is 0 Å². The van der Waals surface area contributed by atoms with Gasteiger partial charge in [-0.15, -0.1) is 0 Å². The Labute approximate surface area is 200 Å². The summed E-state index contributed by atoms with van der Waals surface area (Å²) in [6.45, 7) is -0.285. The number of benzene rings is 3. The number of carbonyl (C=O) groups is 1. The lowest BCUT2D eigenvalue weighted by Gasteiger charge is -2.15. The van der Waals surface area contributed by atoms with Gasteiger partial charge in [-0.2, -0.15) is 0 Å². The third-order valence-electron chi connectivity index (χ3n) is 5.32. The van der Waals surface area contributed by atoms with Crippen LogP contribution in [0, 0.1) is 5.82 Å². The number of halogens is 1. The summed E-state index contributed by atoms with van der Waals surface area (Å²) < 4.78 is 51.6. The number of sulfone groups is 1. The first-order valence-corrected chi connectivity index (χ1v) is 11.9. The normalized spacial score (nSPS) is 11.3. The number of pyridine rings is 1. The molecule has 1 aromatic heterocycles. The Morgan fingerprint density at radius 3 is 2.23 bits per heavy atom. The largest absolute Gasteiger partial charge is 0.497 e. The Kier molecular flexibility index (Phi) is 6.57. The molecule has 1 heterocycles. The Bertz CT molecular complexity index is 1560. The lowest BCUT2D eigenvalue weighted by molar-refractivity contribution is -0.116. The van der Waals surface area contributed by atoms with Crippen molar-refractivity contribution in [3.8, 4) is 11.5 Å². The predicted molar refractivity (Wildman–Crippen MR) is 128 cm³/mol. The monoisotopic (exact) mass is 496 g/mol. The van der Waals surface area contributed by atoms with Crippen LogP contribution in [0.2, 0.25) is 0 Å². The molecule has 0 unspecified atom stereocenters. The van der Waals surface area contributed by atoms with Crippen molar-refractivity contribution in [3.05, 3.63) is 89.0 Å². The van der Waals surface area contributed by atoms with E-state index >= 15 is 0 Å². The van der Waals surface area contributed by atoms with Gasteiger partial charge >= 0.3 is 0 Å². The molecule has 0 aliphatic carbocycles. The minimum absolute atomic E-state index is 0.131. The molecule has 0 atom stereocenters. The van der Waals surface area contributed by atoms with Gasteiger partial charge < -0.3 is 19.4 Å². The molecule has 1 N–H and O–H groups in total. The molecule has 4 rings (SSSR count). The third kappa shape index (κ3) is 4.87. The van der Waals surface area contributed by atoms with Crippen LogP contribution in [0.15, 0.2) is 87.5 Å². The first kappa shape index (κ1) is 24.0. The van der Waals surface area contributed by atoms with E-state index in [9.17, 15) is 22.4 Å². The summed E-state index contributed by atoms with van der Waals surface area (Å²) in [5.74, 6) is -0.132. The maximum Gasteiger partial charge on any atom is 0.244 e. The molecule has 0 saturated heterocycles. The number of nitrogens with zero attached hydrogens (tertiary/aromatic N) is 1. The van der Waals surface area contributed by atoms with Crippen LogP contribution in [0.5, 0.6) is 11.5 Å². The van der Waals surface area contributed by atoms with Crippen molar-refractivity contribution in [1.82, 2.24) is 4.57 Å². The average Bonchev–Trinajstić information content (AvgIpc) is 2.85. The van der Waals surface area contributed by atoms with E-state index in [2.05, 4.69) is 5.32 Å². The molecule has 8 nitrogen and oxygen atoms in total. The highest BCUT2D eigenvalue weighted by Gasteiger charge is 2.24. The quantitative estimate of drug-likeness (QED) is 0.392. The number of hydrogen-bond acceptors (Lipinski definition) is 6. The number of rotatable bonds is 7. The van der Waals surface area contributed by atoms with Crippen molar-refractivity contribution in [1.29, 1.82) is 0 Å². The van der Waals surface area contributed by atoms with Gasteiger partial charge in [-0.1, -0.05) is 12.1 Å². The number of methoxy groups -OCH3 is 2. The van der Waals surface area contributed by atoms with E-state index in [-0.39, 0.29) is 16.8 Å². The maximum atomic E-state index is 13.3. The van der Waals surface area contributed by atoms with Gasteiger partial charge in [0.25, 0.3) is 0 Å². The molecule has 0 aliphatic heterocycles. The van der Waals surface area contributed by atoms with Gasteiger partial charge in [-0.05, 0) is 36.4 Å². The fourth-order valence-corrected chi connectivity index (χ4v) is 4.98. The predicted octanol–water partition coefficient (Wildman–Crippen LogP) is 3.63. The van der Waals surface area contributed by atoms with Crippen molar-refractivity contribution in [2.24, 2.45) is 0 Å². The molecule has 10 heteroatoms. The van der Waals surface area contributed by atoms with Gasteiger partial charge in [0.15, 0.2) is 0 Å². The van der Waals surface area contributed by atoms with Gasteiger partial charge in [0, 0.05) is 35.5 Å². The topological polar surface area (TPSA) is 104 Å². The molecule has 0 bridgehead atoms. The van der Waals surface area contributed by atoms with Crippen LogP contribution in [-0.4, -0.2) is 33.1 Å². The van der Waals surface area contributed by atoms with Crippen LogP contribution in [-0.2, 0) is 21.2 Å². The first-order chi connectivity index (χ1) is 16.7. The van der Waals surface area contributed by atoms with E-state index in [0.717, 1.165) is 30.5 Å². The Morgan fingerprint density at radius 2 is 1.60 bits per heavy atom. The number of nitrogens with one attached hydrogen (secondary N) is 1. The summed E-state index contributed by atoms with van der Waals surface area (Å²) in [5, 5.41) is 2.86. The molecule has 35 heavy (non-hydrogen) atoms. The van der Waals surface area contributed by atoms with Crippen molar-refractivity contribution in [3.63, 3.8) is 0 Å². The lowest BCUT2D eigenvalue weighted by atomic mass is 10.2. The van der Waals surface area contributed by atoms with Crippen molar-refractivity contribution in [2.45, 2.75) is 16.3 Å². The highest BCUT2D eigenvalue weighted by molar-refractivity contribution is 7.91. The number of carbonyl (C=O) groups excluding carboxylic acids is 1. The SMILES string of the molecule is COc1cc(NC(=O)Cn2cc(S(=O)(=O)c3ccc(F)cc3)c(=O)c3ccccc32)cc(OC)c1. The summed E-state index contributed by atoms with van der Waals surface area (Å²) in [5.41, 5.74) is 0.0868. The molecule has 0 aliphatic rings. The first-order valence-electron chi connectivity index (χ1n) is 10.4. The van der Waals surface area contributed by atoms with E-state index in [1.165, 1.54) is 24.9 Å². The summed E-state index contributed by atoms with van der Waals surface area (Å²) in [6.07, 6.45) is 1.13. The van der Waals surface area contributed by atoms with Crippen LogP contribution in [0.3, 0.4) is 0 Å². The zero-order valence-electron chi connectivity index (χ0n) is 18.8. The van der Waals surface area contributed by atoms with Crippen molar-refractivity contribution < 1.29 is 27.1 Å². The van der Waals surface area contributed by atoms with Gasteiger partial charge in [-0.25, -0.2) is 12.8 Å². The minimum atomic E-state index is -4.28. The van der Waals surface area contributed by atoms with Crippen LogP contribution in [0.4, 0.5) is 10.1 Å². The van der Waals surface area contributed by atoms with E-state index in [4.69, 9.17) is 9.47 Å². The van der Waals surface area contributed by atoms with E-state index in [1.54, 1.807) is 36.4 Å². The molecule has 0 radical (unpaired) electrons. The number of anilines is 1. The highest BCUT2D eigenvalue weighted by atomic mass is 32.2. The van der Waals surface area contributed by atoms with Gasteiger partial charge in [0.2, 0.25) is 21.2 Å². The zero-order valence-corrected chi connectivity index (χ0v) is 19.6. The minimum Gasteiger partial charge on any atom is -0.497 e. The van der Waals surface area contributed by atoms with E-state index < -0.39 is 31.9 Å². The fourth-order valence-electron chi connectivity index (χ4n) is 3.62.